The van der Waals surface area contributed by atoms with E-state index in [1.165, 1.54) is 6.33 Å². The molecule has 0 atom stereocenters. The van der Waals surface area contributed by atoms with Crippen LogP contribution >= 0.6 is 0 Å². The second-order valence-electron chi connectivity index (χ2n) is 3.85. The smallest absolute Gasteiger partial charge is 0.315 e. The van der Waals surface area contributed by atoms with Crippen LogP contribution in [0, 0.1) is 5.82 Å². The summed E-state index contributed by atoms with van der Waals surface area (Å²) in [5.74, 6) is -0.991. The molecule has 0 aliphatic heterocycles. The van der Waals surface area contributed by atoms with Gasteiger partial charge in [0.2, 0.25) is 5.82 Å². The van der Waals surface area contributed by atoms with E-state index in [0.717, 1.165) is 6.54 Å². The third-order valence-electron chi connectivity index (χ3n) is 2.52. The predicted molar refractivity (Wildman–Crippen MR) is 71.5 cm³/mol. The molecule has 0 aromatic carbocycles. The highest BCUT2D eigenvalue weighted by atomic mass is 19.1. The molecule has 0 bridgehead atoms. The third-order valence-corrected chi connectivity index (χ3v) is 2.52. The van der Waals surface area contributed by atoms with Gasteiger partial charge in [0.15, 0.2) is 11.2 Å². The van der Waals surface area contributed by atoms with Crippen LogP contribution in [0.2, 0.25) is 0 Å². The molecule has 0 radical (unpaired) electrons. The van der Waals surface area contributed by atoms with E-state index in [2.05, 4.69) is 15.0 Å². The number of nitrogens with zero attached hydrogens (tertiary/aromatic N) is 3. The largest absolute Gasteiger partial charge is 0.325 e. The van der Waals surface area contributed by atoms with E-state index < -0.39 is 17.1 Å². The summed E-state index contributed by atoms with van der Waals surface area (Å²) in [7, 11) is 0. The number of aromatic amines is 3. The number of imidazole rings is 1. The Hall–Kier alpha value is -3.04. The van der Waals surface area contributed by atoms with Crippen molar-refractivity contribution in [2.45, 2.75) is 13.5 Å². The summed E-state index contributed by atoms with van der Waals surface area (Å²) >= 11 is 0. The molecular weight excluding hydrogens is 283 g/mol. The Morgan fingerprint density at radius 2 is 1.95 bits per heavy atom. The molecule has 0 saturated carbocycles. The van der Waals surface area contributed by atoms with Gasteiger partial charge in [0.25, 0.3) is 11.1 Å². The highest BCUT2D eigenvalue weighted by Gasteiger charge is 2.04. The molecule has 0 aliphatic carbocycles. The van der Waals surface area contributed by atoms with Crippen molar-refractivity contribution >= 4 is 11.2 Å². The number of fused-ring (bicyclic) bond motifs is 1. The maximum absolute atomic E-state index is 12.0. The maximum Gasteiger partial charge on any atom is 0.325 e. The fourth-order valence-corrected chi connectivity index (χ4v) is 1.52. The average Bonchev–Trinajstić information content (AvgIpc) is 2.88. The highest BCUT2D eigenvalue weighted by Crippen LogP contribution is 2.02. The van der Waals surface area contributed by atoms with Gasteiger partial charge in [-0.3, -0.25) is 14.6 Å². The molecule has 3 heterocycles. The maximum atomic E-state index is 12.0. The van der Waals surface area contributed by atoms with E-state index in [1.807, 2.05) is 16.5 Å². The van der Waals surface area contributed by atoms with Crippen molar-refractivity contribution in [3.8, 4) is 0 Å². The van der Waals surface area contributed by atoms with Gasteiger partial charge in [0.05, 0.1) is 12.7 Å². The Balaban J connectivity index is 0.000000161. The van der Waals surface area contributed by atoms with E-state index in [0.29, 0.717) is 17.4 Å². The predicted octanol–water partition coefficient (Wildman–Crippen LogP) is -0.658. The van der Waals surface area contributed by atoms with Gasteiger partial charge in [-0.25, -0.2) is 14.8 Å². The van der Waals surface area contributed by atoms with Gasteiger partial charge in [0, 0.05) is 12.7 Å². The number of hydrogen-bond acceptors (Lipinski definition) is 5. The number of rotatable bonds is 1. The summed E-state index contributed by atoms with van der Waals surface area (Å²) in [4.78, 5) is 45.6. The second-order valence-corrected chi connectivity index (χ2v) is 3.85. The van der Waals surface area contributed by atoms with E-state index in [9.17, 15) is 18.8 Å². The summed E-state index contributed by atoms with van der Waals surface area (Å²) < 4.78 is 13.8. The molecule has 21 heavy (non-hydrogen) atoms. The monoisotopic (exact) mass is 294 g/mol. The van der Waals surface area contributed by atoms with Crippen LogP contribution in [0.1, 0.15) is 6.92 Å². The Kier molecular flexibility index (Phi) is 4.07. The number of hydrogen-bond donors (Lipinski definition) is 3. The fourth-order valence-electron chi connectivity index (χ4n) is 1.52. The molecule has 0 saturated heterocycles. The summed E-state index contributed by atoms with van der Waals surface area (Å²) in [6.45, 7) is 2.75. The zero-order chi connectivity index (χ0) is 15.4. The topological polar surface area (TPSA) is 129 Å². The molecule has 3 N–H and O–H groups in total. The molecule has 0 spiro atoms. The zero-order valence-corrected chi connectivity index (χ0v) is 10.9. The molecule has 10 heteroatoms. The minimum absolute atomic E-state index is 0.188. The Morgan fingerprint density at radius 1 is 1.19 bits per heavy atom. The van der Waals surface area contributed by atoms with Crippen LogP contribution in [0.3, 0.4) is 0 Å². The number of aromatic nitrogens is 6. The lowest BCUT2D eigenvalue weighted by molar-refractivity contribution is 0.597. The van der Waals surface area contributed by atoms with E-state index in [1.54, 1.807) is 11.3 Å². The molecule has 0 aliphatic rings. The summed E-state index contributed by atoms with van der Waals surface area (Å²) in [6.07, 6.45) is 3.71. The van der Waals surface area contributed by atoms with Gasteiger partial charge < -0.3 is 14.5 Å². The van der Waals surface area contributed by atoms with Crippen LogP contribution in [-0.2, 0) is 6.54 Å². The van der Waals surface area contributed by atoms with Crippen molar-refractivity contribution in [1.82, 2.24) is 29.5 Å². The van der Waals surface area contributed by atoms with Crippen LogP contribution in [0.5, 0.6) is 0 Å². The number of nitrogens with one attached hydrogen (secondary N) is 3. The van der Waals surface area contributed by atoms with Crippen LogP contribution in [0.25, 0.3) is 11.2 Å². The molecule has 0 amide bonds. The lowest BCUT2D eigenvalue weighted by Crippen LogP contribution is -2.23. The van der Waals surface area contributed by atoms with Crippen molar-refractivity contribution < 1.29 is 4.39 Å². The first-order valence-corrected chi connectivity index (χ1v) is 5.89. The van der Waals surface area contributed by atoms with Crippen LogP contribution in [-0.4, -0.2) is 29.5 Å². The Labute approximate surface area is 115 Å². The normalized spacial score (nSPS) is 10.2. The van der Waals surface area contributed by atoms with E-state index >= 15 is 0 Å². The minimum atomic E-state index is -1.00. The SMILES string of the molecule is CCn1cnc2c(=O)[nH]cnc21.O=c1[nH]cc(F)c(=O)[nH]1. The summed E-state index contributed by atoms with van der Waals surface area (Å²) in [6, 6.07) is 0. The standard InChI is InChI=1S/C7H8N4O.C4H3FN2O2/c1-2-11-4-10-5-6(11)8-3-9-7(5)12;5-2-1-6-4(9)7-3(2)8/h3-4H,2H2,1H3,(H,8,9,12);1H,(H2,6,7,8,9). The van der Waals surface area contributed by atoms with Crippen molar-refractivity contribution in [2.75, 3.05) is 0 Å². The van der Waals surface area contributed by atoms with Gasteiger partial charge in [-0.15, -0.1) is 0 Å². The van der Waals surface area contributed by atoms with Crippen LogP contribution in [0.4, 0.5) is 4.39 Å². The van der Waals surface area contributed by atoms with Crippen molar-refractivity contribution in [3.05, 3.63) is 55.9 Å². The van der Waals surface area contributed by atoms with Gasteiger partial charge in [-0.2, -0.15) is 4.39 Å². The van der Waals surface area contributed by atoms with E-state index in [4.69, 9.17) is 0 Å². The molecule has 3 rings (SSSR count). The number of H-pyrrole nitrogens is 3. The van der Waals surface area contributed by atoms with E-state index in [-0.39, 0.29) is 5.56 Å². The zero-order valence-electron chi connectivity index (χ0n) is 10.9. The molecule has 0 fully saturated rings. The first-order chi connectivity index (χ1) is 10.0. The lowest BCUT2D eigenvalue weighted by atomic mass is 10.5. The summed E-state index contributed by atoms with van der Waals surface area (Å²) in [5.41, 5.74) is -0.854. The number of halogens is 1. The lowest BCUT2D eigenvalue weighted by Gasteiger charge is -1.94. The van der Waals surface area contributed by atoms with Crippen LogP contribution < -0.4 is 16.8 Å². The van der Waals surface area contributed by atoms with Gasteiger partial charge >= 0.3 is 5.69 Å². The molecule has 3 aromatic rings. The molecular formula is C11H11FN6O3. The van der Waals surface area contributed by atoms with Gasteiger partial charge in [-0.1, -0.05) is 0 Å². The van der Waals surface area contributed by atoms with Crippen molar-refractivity contribution in [1.29, 1.82) is 0 Å². The molecule has 0 unspecified atom stereocenters. The first-order valence-electron chi connectivity index (χ1n) is 5.89. The molecule has 3 aromatic heterocycles. The Morgan fingerprint density at radius 3 is 2.57 bits per heavy atom. The van der Waals surface area contributed by atoms with Gasteiger partial charge in [0.1, 0.15) is 0 Å². The first kappa shape index (κ1) is 14.4. The minimum Gasteiger partial charge on any atom is -0.315 e. The quantitative estimate of drug-likeness (QED) is 0.548. The van der Waals surface area contributed by atoms with Gasteiger partial charge in [-0.05, 0) is 6.92 Å². The van der Waals surface area contributed by atoms with Crippen molar-refractivity contribution in [2.24, 2.45) is 0 Å². The second kappa shape index (κ2) is 5.94. The number of aryl methyl sites for hydroxylation is 1. The molecule has 110 valence electrons. The molecule has 9 nitrogen and oxygen atoms in total. The average molecular weight is 294 g/mol. The Bertz CT molecular complexity index is 922. The third kappa shape index (κ3) is 3.11. The van der Waals surface area contributed by atoms with Crippen LogP contribution in [0.15, 0.2) is 33.2 Å². The summed E-state index contributed by atoms with van der Waals surface area (Å²) in [5, 5.41) is 0. The van der Waals surface area contributed by atoms with Crippen molar-refractivity contribution in [3.63, 3.8) is 0 Å². The highest BCUT2D eigenvalue weighted by molar-refractivity contribution is 5.68. The fraction of sp³-hybridized carbons (Fsp3) is 0.182.